The van der Waals surface area contributed by atoms with E-state index in [4.69, 9.17) is 4.74 Å². The van der Waals surface area contributed by atoms with E-state index in [0.717, 1.165) is 5.56 Å². The molecule has 2 aromatic rings. The van der Waals surface area contributed by atoms with Gasteiger partial charge in [-0.1, -0.05) is 41.5 Å². The SMILES string of the molecule is O=C(/N=N/c1ccccn1)OCc1ccccc1. The van der Waals surface area contributed by atoms with E-state index in [1.54, 1.807) is 24.4 Å². The number of carbonyl (C=O) groups excluding carboxylic acids is 1. The van der Waals surface area contributed by atoms with Crippen molar-refractivity contribution in [3.63, 3.8) is 0 Å². The second kappa shape index (κ2) is 6.24. The van der Waals surface area contributed by atoms with E-state index in [-0.39, 0.29) is 6.61 Å². The number of carbonyl (C=O) groups is 1. The maximum Gasteiger partial charge on any atom is 0.452 e. The van der Waals surface area contributed by atoms with Crippen LogP contribution < -0.4 is 0 Å². The first-order chi connectivity index (χ1) is 8.84. The minimum atomic E-state index is -0.732. The Kier molecular flexibility index (Phi) is 4.13. The Morgan fingerprint density at radius 3 is 2.61 bits per heavy atom. The molecule has 0 aliphatic carbocycles. The Balaban J connectivity index is 1.84. The van der Waals surface area contributed by atoms with Crippen LogP contribution in [0.3, 0.4) is 0 Å². The summed E-state index contributed by atoms with van der Waals surface area (Å²) in [4.78, 5) is 15.2. The number of azo groups is 1. The summed E-state index contributed by atoms with van der Waals surface area (Å²) >= 11 is 0. The van der Waals surface area contributed by atoms with Gasteiger partial charge in [0.25, 0.3) is 0 Å². The van der Waals surface area contributed by atoms with Crippen LogP contribution in [0.25, 0.3) is 0 Å². The van der Waals surface area contributed by atoms with Crippen LogP contribution >= 0.6 is 0 Å². The molecule has 0 bridgehead atoms. The van der Waals surface area contributed by atoms with Crippen LogP contribution in [0.5, 0.6) is 0 Å². The molecule has 0 unspecified atom stereocenters. The molecule has 0 fully saturated rings. The van der Waals surface area contributed by atoms with Crippen LogP contribution in [-0.4, -0.2) is 11.1 Å². The van der Waals surface area contributed by atoms with Crippen LogP contribution in [-0.2, 0) is 11.3 Å². The van der Waals surface area contributed by atoms with Gasteiger partial charge in [0.15, 0.2) is 5.82 Å². The smallest absolute Gasteiger partial charge is 0.442 e. The average Bonchev–Trinajstić information content (AvgIpc) is 2.45. The molecule has 0 spiro atoms. The maximum absolute atomic E-state index is 11.3. The molecule has 0 saturated carbocycles. The van der Waals surface area contributed by atoms with Crippen LogP contribution in [0.1, 0.15) is 5.56 Å². The van der Waals surface area contributed by atoms with Gasteiger partial charge in [-0.3, -0.25) is 0 Å². The summed E-state index contributed by atoms with van der Waals surface area (Å²) < 4.78 is 4.92. The van der Waals surface area contributed by atoms with Crippen molar-refractivity contribution in [1.29, 1.82) is 0 Å². The lowest BCUT2D eigenvalue weighted by Crippen LogP contribution is -1.98. The quantitative estimate of drug-likeness (QED) is 0.772. The second-order valence-electron chi connectivity index (χ2n) is 3.43. The monoisotopic (exact) mass is 241 g/mol. The zero-order chi connectivity index (χ0) is 12.6. The van der Waals surface area contributed by atoms with Crippen molar-refractivity contribution in [2.24, 2.45) is 10.2 Å². The molecular formula is C13H11N3O2. The van der Waals surface area contributed by atoms with Crippen molar-refractivity contribution in [2.45, 2.75) is 6.61 Å². The molecule has 2 rings (SSSR count). The molecule has 18 heavy (non-hydrogen) atoms. The van der Waals surface area contributed by atoms with Gasteiger partial charge in [-0.25, -0.2) is 9.78 Å². The second-order valence-corrected chi connectivity index (χ2v) is 3.43. The molecule has 90 valence electrons. The highest BCUT2D eigenvalue weighted by molar-refractivity contribution is 5.67. The fraction of sp³-hybridized carbons (Fsp3) is 0.0769. The van der Waals surface area contributed by atoms with E-state index in [2.05, 4.69) is 15.2 Å². The molecule has 0 N–H and O–H groups in total. The van der Waals surface area contributed by atoms with Crippen molar-refractivity contribution in [3.05, 3.63) is 60.3 Å². The van der Waals surface area contributed by atoms with E-state index < -0.39 is 6.09 Å². The Morgan fingerprint density at radius 1 is 1.11 bits per heavy atom. The summed E-state index contributed by atoms with van der Waals surface area (Å²) in [6, 6.07) is 14.5. The molecule has 0 aliphatic heterocycles. The maximum atomic E-state index is 11.3. The van der Waals surface area contributed by atoms with Crippen LogP contribution in [0.2, 0.25) is 0 Å². The van der Waals surface area contributed by atoms with Gasteiger partial charge in [0.1, 0.15) is 6.61 Å². The number of hydrogen-bond donors (Lipinski definition) is 0. The Morgan fingerprint density at radius 2 is 1.89 bits per heavy atom. The molecule has 0 aliphatic rings. The number of hydrogen-bond acceptors (Lipinski definition) is 4. The highest BCUT2D eigenvalue weighted by atomic mass is 16.5. The fourth-order valence-electron chi connectivity index (χ4n) is 1.25. The molecule has 5 nitrogen and oxygen atoms in total. The summed E-state index contributed by atoms with van der Waals surface area (Å²) in [6.45, 7) is 0.181. The summed E-state index contributed by atoms with van der Waals surface area (Å²) in [7, 11) is 0. The molecule has 1 amide bonds. The lowest BCUT2D eigenvalue weighted by Gasteiger charge is -1.99. The molecule has 1 heterocycles. The van der Waals surface area contributed by atoms with Crippen molar-refractivity contribution in [3.8, 4) is 0 Å². The largest absolute Gasteiger partial charge is 0.452 e. The third-order valence-electron chi connectivity index (χ3n) is 2.09. The molecular weight excluding hydrogens is 230 g/mol. The number of ether oxygens (including phenoxy) is 1. The molecule has 1 aromatic heterocycles. The summed E-state index contributed by atoms with van der Waals surface area (Å²) in [5.41, 5.74) is 0.902. The van der Waals surface area contributed by atoms with Gasteiger partial charge in [-0.15, -0.1) is 5.11 Å². The zero-order valence-electron chi connectivity index (χ0n) is 9.56. The van der Waals surface area contributed by atoms with Gasteiger partial charge in [0.2, 0.25) is 0 Å². The Hall–Kier alpha value is -2.56. The summed E-state index contributed by atoms with van der Waals surface area (Å²) in [5, 5.41) is 7.07. The lowest BCUT2D eigenvalue weighted by molar-refractivity contribution is 0.149. The fourth-order valence-corrected chi connectivity index (χ4v) is 1.25. The first kappa shape index (κ1) is 11.9. The summed E-state index contributed by atoms with van der Waals surface area (Å²) in [5.74, 6) is 0.370. The molecule has 0 radical (unpaired) electrons. The number of benzene rings is 1. The topological polar surface area (TPSA) is 63.9 Å². The van der Waals surface area contributed by atoms with Crippen molar-refractivity contribution < 1.29 is 9.53 Å². The minimum Gasteiger partial charge on any atom is -0.442 e. The molecule has 0 saturated heterocycles. The van der Waals surface area contributed by atoms with E-state index >= 15 is 0 Å². The van der Waals surface area contributed by atoms with E-state index in [9.17, 15) is 4.79 Å². The van der Waals surface area contributed by atoms with E-state index in [0.29, 0.717) is 5.82 Å². The zero-order valence-corrected chi connectivity index (χ0v) is 9.56. The first-order valence-electron chi connectivity index (χ1n) is 5.38. The minimum absolute atomic E-state index is 0.181. The Labute approximate surface area is 104 Å². The molecule has 0 atom stereocenters. The highest BCUT2D eigenvalue weighted by Gasteiger charge is 2.00. The molecule has 5 heteroatoms. The van der Waals surface area contributed by atoms with Gasteiger partial charge in [-0.05, 0) is 17.7 Å². The Bertz CT molecular complexity index is 526. The highest BCUT2D eigenvalue weighted by Crippen LogP contribution is 2.07. The number of rotatable bonds is 3. The van der Waals surface area contributed by atoms with Gasteiger partial charge in [-0.2, -0.15) is 0 Å². The third-order valence-corrected chi connectivity index (χ3v) is 2.09. The van der Waals surface area contributed by atoms with Crippen LogP contribution in [0, 0.1) is 0 Å². The number of amides is 1. The number of pyridine rings is 1. The van der Waals surface area contributed by atoms with Crippen LogP contribution in [0.4, 0.5) is 10.6 Å². The normalized spacial score (nSPS) is 10.4. The molecule has 1 aromatic carbocycles. The first-order valence-corrected chi connectivity index (χ1v) is 5.38. The summed E-state index contributed by atoms with van der Waals surface area (Å²) in [6.07, 6.45) is 0.841. The predicted octanol–water partition coefficient (Wildman–Crippen LogP) is 3.50. The van der Waals surface area contributed by atoms with Gasteiger partial charge >= 0.3 is 6.09 Å². The standard InChI is InChI=1S/C13H11N3O2/c17-13(16-15-12-8-4-5-9-14-12)18-10-11-6-2-1-3-7-11/h1-9H,10H2/b16-15+. The predicted molar refractivity (Wildman–Crippen MR) is 65.4 cm³/mol. The van der Waals surface area contributed by atoms with Crippen molar-refractivity contribution in [2.75, 3.05) is 0 Å². The van der Waals surface area contributed by atoms with E-state index in [1.807, 2.05) is 30.3 Å². The average molecular weight is 241 g/mol. The number of aromatic nitrogens is 1. The van der Waals surface area contributed by atoms with Gasteiger partial charge < -0.3 is 4.74 Å². The van der Waals surface area contributed by atoms with Crippen molar-refractivity contribution in [1.82, 2.24) is 4.98 Å². The van der Waals surface area contributed by atoms with Gasteiger partial charge in [0.05, 0.1) is 0 Å². The number of nitrogens with zero attached hydrogens (tertiary/aromatic N) is 3. The lowest BCUT2D eigenvalue weighted by atomic mass is 10.2. The third kappa shape index (κ3) is 3.79. The van der Waals surface area contributed by atoms with Crippen molar-refractivity contribution >= 4 is 11.9 Å². The van der Waals surface area contributed by atoms with Crippen LogP contribution in [0.15, 0.2) is 65.0 Å². The van der Waals surface area contributed by atoms with Gasteiger partial charge in [0, 0.05) is 6.20 Å². The van der Waals surface area contributed by atoms with E-state index in [1.165, 1.54) is 0 Å².